The first-order chi connectivity index (χ1) is 11.2. The molecule has 0 bridgehead atoms. The lowest BCUT2D eigenvalue weighted by Crippen LogP contribution is -2.02. The third-order valence-electron chi connectivity index (χ3n) is 3.49. The van der Waals surface area contributed by atoms with Gasteiger partial charge in [0.25, 0.3) is 0 Å². The molecule has 118 valence electrons. The van der Waals surface area contributed by atoms with E-state index in [1.807, 2.05) is 32.0 Å². The maximum atomic E-state index is 12.3. The standard InChI is InChI=1S/C18H18N2O3/c1-3-15-8-9-16(23-15)18(21)13-4-6-14(7-5-13)19-11-17-20-10-12(2)22-17/h4-10,19H,3,11H2,1-2H3. The average Bonchev–Trinajstić information content (AvgIpc) is 3.21. The highest BCUT2D eigenvalue weighted by Gasteiger charge is 2.13. The third-order valence-corrected chi connectivity index (χ3v) is 3.49. The number of rotatable bonds is 6. The van der Waals surface area contributed by atoms with Crippen LogP contribution in [-0.2, 0) is 13.0 Å². The summed E-state index contributed by atoms with van der Waals surface area (Å²) in [5, 5.41) is 3.20. The summed E-state index contributed by atoms with van der Waals surface area (Å²) in [5.74, 6) is 2.49. The van der Waals surface area contributed by atoms with Crippen molar-refractivity contribution in [1.29, 1.82) is 0 Å². The lowest BCUT2D eigenvalue weighted by molar-refractivity contribution is 0.101. The molecule has 0 spiro atoms. The first kappa shape index (κ1) is 15.1. The molecular formula is C18H18N2O3. The third kappa shape index (κ3) is 3.51. The van der Waals surface area contributed by atoms with Crippen molar-refractivity contribution in [3.63, 3.8) is 0 Å². The van der Waals surface area contributed by atoms with Crippen LogP contribution in [0.5, 0.6) is 0 Å². The molecular weight excluding hydrogens is 292 g/mol. The fourth-order valence-corrected chi connectivity index (χ4v) is 2.23. The molecule has 0 amide bonds. The summed E-state index contributed by atoms with van der Waals surface area (Å²) in [6.07, 6.45) is 2.46. The molecule has 5 heteroatoms. The molecule has 0 unspecified atom stereocenters. The van der Waals surface area contributed by atoms with Crippen molar-refractivity contribution >= 4 is 11.5 Å². The minimum Gasteiger partial charge on any atom is -0.458 e. The zero-order chi connectivity index (χ0) is 16.2. The van der Waals surface area contributed by atoms with Crippen LogP contribution in [0.3, 0.4) is 0 Å². The van der Waals surface area contributed by atoms with Crippen LogP contribution < -0.4 is 5.32 Å². The van der Waals surface area contributed by atoms with E-state index in [-0.39, 0.29) is 5.78 Å². The zero-order valence-corrected chi connectivity index (χ0v) is 13.1. The lowest BCUT2D eigenvalue weighted by Gasteiger charge is -2.05. The van der Waals surface area contributed by atoms with Gasteiger partial charge in [0.05, 0.1) is 12.7 Å². The molecule has 1 aromatic carbocycles. The number of aromatic nitrogens is 1. The molecule has 2 aromatic heterocycles. The summed E-state index contributed by atoms with van der Waals surface area (Å²) in [7, 11) is 0. The first-order valence-corrected chi connectivity index (χ1v) is 7.54. The predicted molar refractivity (Wildman–Crippen MR) is 86.5 cm³/mol. The van der Waals surface area contributed by atoms with Crippen LogP contribution >= 0.6 is 0 Å². The van der Waals surface area contributed by atoms with Crippen molar-refractivity contribution in [3.8, 4) is 0 Å². The molecule has 0 aliphatic carbocycles. The van der Waals surface area contributed by atoms with Crippen molar-refractivity contribution in [2.24, 2.45) is 0 Å². The van der Waals surface area contributed by atoms with Gasteiger partial charge in [0, 0.05) is 17.7 Å². The highest BCUT2D eigenvalue weighted by molar-refractivity contribution is 6.07. The van der Waals surface area contributed by atoms with Gasteiger partial charge in [0.2, 0.25) is 11.7 Å². The number of oxazole rings is 1. The van der Waals surface area contributed by atoms with Crippen LogP contribution in [0.4, 0.5) is 5.69 Å². The van der Waals surface area contributed by atoms with E-state index in [0.29, 0.717) is 23.8 Å². The minimum atomic E-state index is -0.112. The number of nitrogens with one attached hydrogen (secondary N) is 1. The molecule has 5 nitrogen and oxygen atoms in total. The quantitative estimate of drug-likeness (QED) is 0.697. The molecule has 3 aromatic rings. The van der Waals surface area contributed by atoms with Gasteiger partial charge in [-0.05, 0) is 43.3 Å². The van der Waals surface area contributed by atoms with Crippen molar-refractivity contribution in [2.45, 2.75) is 26.8 Å². The average molecular weight is 310 g/mol. The zero-order valence-electron chi connectivity index (χ0n) is 13.1. The highest BCUT2D eigenvalue weighted by Crippen LogP contribution is 2.17. The van der Waals surface area contributed by atoms with Gasteiger partial charge in [0.1, 0.15) is 11.5 Å². The number of carbonyl (C=O) groups is 1. The summed E-state index contributed by atoms with van der Waals surface area (Å²) in [6.45, 7) is 4.34. The number of benzene rings is 1. The largest absolute Gasteiger partial charge is 0.458 e. The minimum absolute atomic E-state index is 0.112. The molecule has 3 rings (SSSR count). The summed E-state index contributed by atoms with van der Waals surface area (Å²) in [5.41, 5.74) is 1.49. The fraction of sp³-hybridized carbons (Fsp3) is 0.222. The van der Waals surface area contributed by atoms with Gasteiger partial charge in [-0.3, -0.25) is 4.79 Å². The summed E-state index contributed by atoms with van der Waals surface area (Å²) in [6, 6.07) is 10.8. The van der Waals surface area contributed by atoms with E-state index in [2.05, 4.69) is 10.3 Å². The maximum Gasteiger partial charge on any atom is 0.228 e. The molecule has 0 saturated heterocycles. The van der Waals surface area contributed by atoms with E-state index in [1.165, 1.54) is 0 Å². The Hall–Kier alpha value is -2.82. The molecule has 0 saturated carbocycles. The SMILES string of the molecule is CCc1ccc(C(=O)c2ccc(NCc3ncc(C)o3)cc2)o1. The van der Waals surface area contributed by atoms with Crippen LogP contribution in [0.1, 0.15) is 40.5 Å². The number of hydrogen-bond acceptors (Lipinski definition) is 5. The molecule has 1 N–H and O–H groups in total. The van der Waals surface area contributed by atoms with Crippen LogP contribution in [0, 0.1) is 6.92 Å². The Bertz CT molecular complexity index is 800. The normalized spacial score (nSPS) is 10.7. The summed E-state index contributed by atoms with van der Waals surface area (Å²) in [4.78, 5) is 16.5. The van der Waals surface area contributed by atoms with Crippen LogP contribution in [0.15, 0.2) is 51.4 Å². The number of hydrogen-bond donors (Lipinski definition) is 1. The molecule has 23 heavy (non-hydrogen) atoms. The van der Waals surface area contributed by atoms with E-state index in [9.17, 15) is 4.79 Å². The maximum absolute atomic E-state index is 12.3. The molecule has 0 aliphatic rings. The van der Waals surface area contributed by atoms with E-state index in [1.54, 1.807) is 24.4 Å². The topological polar surface area (TPSA) is 68.3 Å². The summed E-state index contributed by atoms with van der Waals surface area (Å²) >= 11 is 0. The molecule has 2 heterocycles. The van der Waals surface area contributed by atoms with Gasteiger partial charge >= 0.3 is 0 Å². The second kappa shape index (κ2) is 6.52. The predicted octanol–water partition coefficient (Wildman–Crippen LogP) is 3.98. The van der Waals surface area contributed by atoms with E-state index < -0.39 is 0 Å². The Kier molecular flexibility index (Phi) is 4.28. The number of furan rings is 1. The monoisotopic (exact) mass is 310 g/mol. The van der Waals surface area contributed by atoms with E-state index >= 15 is 0 Å². The number of anilines is 1. The second-order valence-electron chi connectivity index (χ2n) is 5.24. The fourth-order valence-electron chi connectivity index (χ4n) is 2.23. The van der Waals surface area contributed by atoms with Crippen molar-refractivity contribution in [1.82, 2.24) is 4.98 Å². The Morgan fingerprint density at radius 1 is 1.13 bits per heavy atom. The van der Waals surface area contributed by atoms with Crippen molar-refractivity contribution in [3.05, 3.63) is 71.3 Å². The Morgan fingerprint density at radius 3 is 2.52 bits per heavy atom. The Labute approximate surface area is 134 Å². The molecule has 0 fully saturated rings. The number of nitrogens with zero attached hydrogens (tertiary/aromatic N) is 1. The van der Waals surface area contributed by atoms with Crippen molar-refractivity contribution < 1.29 is 13.6 Å². The van der Waals surface area contributed by atoms with Gasteiger partial charge in [-0.1, -0.05) is 6.92 Å². The van der Waals surface area contributed by atoms with Crippen LogP contribution in [0.2, 0.25) is 0 Å². The van der Waals surface area contributed by atoms with Gasteiger partial charge in [-0.25, -0.2) is 4.98 Å². The van der Waals surface area contributed by atoms with Crippen molar-refractivity contribution in [2.75, 3.05) is 5.32 Å². The van der Waals surface area contributed by atoms with Gasteiger partial charge < -0.3 is 14.2 Å². The smallest absolute Gasteiger partial charge is 0.228 e. The number of aryl methyl sites for hydroxylation is 2. The Morgan fingerprint density at radius 2 is 1.91 bits per heavy atom. The summed E-state index contributed by atoms with van der Waals surface area (Å²) < 4.78 is 10.9. The van der Waals surface area contributed by atoms with Gasteiger partial charge in [-0.2, -0.15) is 0 Å². The lowest BCUT2D eigenvalue weighted by atomic mass is 10.1. The van der Waals surface area contributed by atoms with Gasteiger partial charge in [0.15, 0.2) is 5.76 Å². The van der Waals surface area contributed by atoms with Crippen LogP contribution in [0.25, 0.3) is 0 Å². The molecule has 0 aliphatic heterocycles. The van der Waals surface area contributed by atoms with Crippen LogP contribution in [-0.4, -0.2) is 10.8 Å². The highest BCUT2D eigenvalue weighted by atomic mass is 16.4. The van der Waals surface area contributed by atoms with E-state index in [0.717, 1.165) is 23.6 Å². The van der Waals surface area contributed by atoms with Gasteiger partial charge in [-0.15, -0.1) is 0 Å². The Balaban J connectivity index is 1.65. The first-order valence-electron chi connectivity index (χ1n) is 7.54. The van der Waals surface area contributed by atoms with E-state index in [4.69, 9.17) is 8.83 Å². The molecule has 0 atom stereocenters. The number of carbonyl (C=O) groups excluding carboxylic acids is 1. The number of ketones is 1. The second-order valence-corrected chi connectivity index (χ2v) is 5.24. The molecule has 0 radical (unpaired) electrons.